The quantitative estimate of drug-likeness (QED) is 0.641. The summed E-state index contributed by atoms with van der Waals surface area (Å²) in [4.78, 5) is 8.50. The number of halogens is 3. The smallest absolute Gasteiger partial charge is 0.289 e. The maximum absolute atomic E-state index is 12.6. The lowest BCUT2D eigenvalue weighted by Gasteiger charge is -2.09. The van der Waals surface area contributed by atoms with Crippen molar-refractivity contribution in [2.24, 2.45) is 0 Å². The van der Waals surface area contributed by atoms with E-state index >= 15 is 0 Å². The van der Waals surface area contributed by atoms with Crippen LogP contribution in [0.4, 0.5) is 13.2 Å². The van der Waals surface area contributed by atoms with E-state index in [0.29, 0.717) is 22.6 Å². The van der Waals surface area contributed by atoms with Gasteiger partial charge in [-0.05, 0) is 30.5 Å². The number of imidazole rings is 1. The third kappa shape index (κ3) is 2.31. The number of hydrogen-bond donors (Lipinski definition) is 0. The Morgan fingerprint density at radius 2 is 1.86 bits per heavy atom. The van der Waals surface area contributed by atoms with Crippen molar-refractivity contribution < 1.29 is 13.2 Å². The Hall–Kier alpha value is -2.81. The normalized spacial score (nSPS) is 11.6. The molecule has 2 heterocycles. The van der Waals surface area contributed by atoms with E-state index in [0.717, 1.165) is 17.7 Å². The minimum atomic E-state index is -4.35. The maximum Gasteiger partial charge on any atom is 0.416 e. The molecule has 0 saturated heterocycles. The summed E-state index contributed by atoms with van der Waals surface area (Å²) < 4.78 is 39.5. The lowest BCUT2D eigenvalue weighted by Crippen LogP contribution is -2.04. The van der Waals surface area contributed by atoms with Crippen LogP contribution in [0.1, 0.15) is 16.8 Å². The monoisotopic (exact) mass is 301 g/mol. The zero-order chi connectivity index (χ0) is 15.9. The van der Waals surface area contributed by atoms with Gasteiger partial charge in [0.15, 0.2) is 11.3 Å². The Kier molecular flexibility index (Phi) is 3.14. The predicted molar refractivity (Wildman–Crippen MR) is 76.1 cm³/mol. The molecule has 110 valence electrons. The molecule has 22 heavy (non-hydrogen) atoms. The molecule has 6 heteroatoms. The van der Waals surface area contributed by atoms with Crippen LogP contribution in [-0.4, -0.2) is 14.4 Å². The van der Waals surface area contributed by atoms with Crippen molar-refractivity contribution in [2.45, 2.75) is 13.1 Å². The molecule has 0 atom stereocenters. The molecule has 0 unspecified atom stereocenters. The van der Waals surface area contributed by atoms with E-state index < -0.39 is 11.7 Å². The lowest BCUT2D eigenvalue weighted by atomic mass is 10.1. The van der Waals surface area contributed by atoms with Gasteiger partial charge in [0.25, 0.3) is 0 Å². The summed E-state index contributed by atoms with van der Waals surface area (Å²) in [5.74, 6) is 2.43. The summed E-state index contributed by atoms with van der Waals surface area (Å²) in [6.07, 6.45) is 4.36. The first-order chi connectivity index (χ1) is 10.4. The molecule has 0 radical (unpaired) electrons. The molecular weight excluding hydrogens is 291 g/mol. The zero-order valence-electron chi connectivity index (χ0n) is 11.5. The van der Waals surface area contributed by atoms with Crippen molar-refractivity contribution in [3.05, 3.63) is 53.6 Å². The van der Waals surface area contributed by atoms with Gasteiger partial charge < -0.3 is 0 Å². The number of rotatable bonds is 1. The van der Waals surface area contributed by atoms with Crippen LogP contribution < -0.4 is 0 Å². The van der Waals surface area contributed by atoms with Crippen LogP contribution in [0.5, 0.6) is 0 Å². The van der Waals surface area contributed by atoms with Crippen molar-refractivity contribution >= 4 is 5.65 Å². The van der Waals surface area contributed by atoms with E-state index in [2.05, 4.69) is 15.9 Å². The number of nitrogens with zero attached hydrogens (tertiary/aromatic N) is 3. The molecule has 0 N–H and O–H groups in total. The highest BCUT2D eigenvalue weighted by Gasteiger charge is 2.30. The molecule has 0 spiro atoms. The molecule has 2 aromatic heterocycles. The van der Waals surface area contributed by atoms with Gasteiger partial charge in [0.1, 0.15) is 6.33 Å². The molecule has 3 aromatic rings. The summed E-state index contributed by atoms with van der Waals surface area (Å²) in [6, 6.07) is 4.89. The van der Waals surface area contributed by atoms with Crippen LogP contribution in [0, 0.1) is 19.3 Å². The first-order valence-electron chi connectivity index (χ1n) is 6.38. The van der Waals surface area contributed by atoms with E-state index in [1.165, 1.54) is 12.1 Å². The van der Waals surface area contributed by atoms with Crippen LogP contribution in [0.2, 0.25) is 0 Å². The minimum Gasteiger partial charge on any atom is -0.289 e. The first kappa shape index (κ1) is 14.1. The molecule has 3 rings (SSSR count). The fourth-order valence-corrected chi connectivity index (χ4v) is 2.23. The number of aryl methyl sites for hydroxylation is 1. The fraction of sp³-hybridized carbons (Fsp3) is 0.125. The molecule has 0 aliphatic rings. The molecule has 0 aliphatic carbocycles. The molecule has 0 saturated carbocycles. The largest absolute Gasteiger partial charge is 0.416 e. The van der Waals surface area contributed by atoms with Crippen molar-refractivity contribution in [1.82, 2.24) is 14.4 Å². The highest BCUT2D eigenvalue weighted by Crippen LogP contribution is 2.31. The second kappa shape index (κ2) is 4.88. The molecule has 0 amide bonds. The molecule has 0 bridgehead atoms. The van der Waals surface area contributed by atoms with Gasteiger partial charge in [-0.25, -0.2) is 9.97 Å². The van der Waals surface area contributed by atoms with Crippen LogP contribution in [0.25, 0.3) is 16.9 Å². The lowest BCUT2D eigenvalue weighted by molar-refractivity contribution is -0.137. The van der Waals surface area contributed by atoms with E-state index in [1.54, 1.807) is 16.9 Å². The summed E-state index contributed by atoms with van der Waals surface area (Å²) in [7, 11) is 0. The topological polar surface area (TPSA) is 30.2 Å². The highest BCUT2D eigenvalue weighted by molar-refractivity contribution is 5.67. The summed E-state index contributed by atoms with van der Waals surface area (Å²) >= 11 is 0. The summed E-state index contributed by atoms with van der Waals surface area (Å²) in [5, 5.41) is 0. The van der Waals surface area contributed by atoms with Crippen LogP contribution in [0.15, 0.2) is 36.8 Å². The van der Waals surface area contributed by atoms with Gasteiger partial charge in [-0.1, -0.05) is 12.1 Å². The molecule has 0 aliphatic heterocycles. The molecule has 3 nitrogen and oxygen atoms in total. The number of fused-ring (bicyclic) bond motifs is 1. The molecule has 0 fully saturated rings. The fourth-order valence-electron chi connectivity index (χ4n) is 2.23. The predicted octanol–water partition coefficient (Wildman–Crippen LogP) is 3.70. The number of alkyl halides is 3. The molecule has 1 aromatic carbocycles. The molecular formula is C16H10F3N3. The third-order valence-corrected chi connectivity index (χ3v) is 3.31. The average molecular weight is 301 g/mol. The van der Waals surface area contributed by atoms with E-state index in [4.69, 9.17) is 6.42 Å². The van der Waals surface area contributed by atoms with Gasteiger partial charge in [-0.2, -0.15) is 13.2 Å². The second-order valence-corrected chi connectivity index (χ2v) is 4.82. The SMILES string of the molecule is C#Cc1ncn2cc(C)c(-c3ccc(C(F)(F)F)cc3)nc12. The number of terminal acetylenes is 1. The number of benzene rings is 1. The van der Waals surface area contributed by atoms with Crippen molar-refractivity contribution in [3.63, 3.8) is 0 Å². The Balaban J connectivity index is 2.13. The number of hydrogen-bond acceptors (Lipinski definition) is 2. The van der Waals surface area contributed by atoms with Crippen LogP contribution in [-0.2, 0) is 6.18 Å². The number of aromatic nitrogens is 3. The third-order valence-electron chi connectivity index (χ3n) is 3.31. The van der Waals surface area contributed by atoms with Crippen LogP contribution in [0.3, 0.4) is 0 Å². The van der Waals surface area contributed by atoms with E-state index in [9.17, 15) is 13.2 Å². The van der Waals surface area contributed by atoms with Gasteiger partial charge in [-0.15, -0.1) is 6.42 Å². The van der Waals surface area contributed by atoms with Gasteiger partial charge in [0.2, 0.25) is 0 Å². The second-order valence-electron chi connectivity index (χ2n) is 4.82. The van der Waals surface area contributed by atoms with Gasteiger partial charge >= 0.3 is 6.18 Å². The Bertz CT molecular complexity index is 884. The highest BCUT2D eigenvalue weighted by atomic mass is 19.4. The summed E-state index contributed by atoms with van der Waals surface area (Å²) in [6.45, 7) is 1.83. The van der Waals surface area contributed by atoms with Crippen molar-refractivity contribution in [1.29, 1.82) is 0 Å². The Morgan fingerprint density at radius 3 is 2.45 bits per heavy atom. The Labute approximate surface area is 124 Å². The van der Waals surface area contributed by atoms with Crippen molar-refractivity contribution in [2.75, 3.05) is 0 Å². The zero-order valence-corrected chi connectivity index (χ0v) is 11.5. The minimum absolute atomic E-state index is 0.396. The first-order valence-corrected chi connectivity index (χ1v) is 6.38. The van der Waals surface area contributed by atoms with E-state index in [-0.39, 0.29) is 0 Å². The Morgan fingerprint density at radius 1 is 1.18 bits per heavy atom. The average Bonchev–Trinajstić information content (AvgIpc) is 2.87. The standard InChI is InChI=1S/C16H10F3N3/c1-3-13-15-21-14(10(2)8-22(15)9-20-13)11-4-6-12(7-5-11)16(17,18)19/h1,4-9H,2H3. The van der Waals surface area contributed by atoms with Gasteiger partial charge in [-0.3, -0.25) is 4.40 Å². The summed E-state index contributed by atoms with van der Waals surface area (Å²) in [5.41, 5.74) is 2.20. The maximum atomic E-state index is 12.6. The van der Waals surface area contributed by atoms with Gasteiger partial charge in [0, 0.05) is 11.8 Å². The van der Waals surface area contributed by atoms with Crippen molar-refractivity contribution in [3.8, 4) is 23.6 Å². The van der Waals surface area contributed by atoms with Gasteiger partial charge in [0.05, 0.1) is 11.3 Å². The van der Waals surface area contributed by atoms with E-state index in [1.807, 2.05) is 6.92 Å². The van der Waals surface area contributed by atoms with Crippen LogP contribution >= 0.6 is 0 Å².